The van der Waals surface area contributed by atoms with Crippen LogP contribution in [0.25, 0.3) is 0 Å². The van der Waals surface area contributed by atoms with Crippen molar-refractivity contribution in [3.63, 3.8) is 0 Å². The SMILES string of the molecule is O=C(Nc1nnc(COc2ccccc2Cl)s1)c1ccc(F)cc1. The lowest BCUT2D eigenvalue weighted by molar-refractivity contribution is 0.102. The number of nitrogens with zero attached hydrogens (tertiary/aromatic N) is 2. The molecule has 3 rings (SSSR count). The van der Waals surface area contributed by atoms with Crippen LogP contribution in [0.3, 0.4) is 0 Å². The first-order valence-electron chi connectivity index (χ1n) is 6.88. The Morgan fingerprint density at radius 1 is 1.17 bits per heavy atom. The molecule has 0 spiro atoms. The van der Waals surface area contributed by atoms with E-state index in [0.717, 1.165) is 0 Å². The smallest absolute Gasteiger partial charge is 0.257 e. The maximum Gasteiger partial charge on any atom is 0.257 e. The normalized spacial score (nSPS) is 10.4. The van der Waals surface area contributed by atoms with E-state index in [4.69, 9.17) is 16.3 Å². The van der Waals surface area contributed by atoms with Gasteiger partial charge in [-0.2, -0.15) is 0 Å². The van der Waals surface area contributed by atoms with Gasteiger partial charge in [0.2, 0.25) is 5.13 Å². The zero-order valence-corrected chi connectivity index (χ0v) is 13.8. The van der Waals surface area contributed by atoms with Crippen molar-refractivity contribution in [2.75, 3.05) is 5.32 Å². The van der Waals surface area contributed by atoms with E-state index in [-0.39, 0.29) is 12.5 Å². The Balaban J connectivity index is 1.60. The number of hydrogen-bond acceptors (Lipinski definition) is 5. The van der Waals surface area contributed by atoms with Crippen molar-refractivity contribution in [2.24, 2.45) is 0 Å². The molecule has 1 N–H and O–H groups in total. The largest absolute Gasteiger partial charge is 0.485 e. The molecule has 0 aliphatic heterocycles. The number of ether oxygens (including phenoxy) is 1. The number of benzene rings is 2. The fraction of sp³-hybridized carbons (Fsp3) is 0.0625. The topological polar surface area (TPSA) is 64.1 Å². The van der Waals surface area contributed by atoms with Gasteiger partial charge in [0.1, 0.15) is 18.2 Å². The highest BCUT2D eigenvalue weighted by atomic mass is 35.5. The summed E-state index contributed by atoms with van der Waals surface area (Å²) in [6.07, 6.45) is 0. The maximum atomic E-state index is 12.9. The number of para-hydroxylation sites is 1. The van der Waals surface area contributed by atoms with Gasteiger partial charge in [0, 0.05) is 5.56 Å². The van der Waals surface area contributed by atoms with Gasteiger partial charge in [0.25, 0.3) is 5.91 Å². The van der Waals surface area contributed by atoms with E-state index in [1.807, 2.05) is 12.1 Å². The van der Waals surface area contributed by atoms with Crippen LogP contribution in [0.5, 0.6) is 5.75 Å². The molecular formula is C16H11ClFN3O2S. The number of nitrogens with one attached hydrogen (secondary N) is 1. The van der Waals surface area contributed by atoms with Crippen molar-refractivity contribution in [3.05, 3.63) is 69.9 Å². The molecule has 2 aromatic carbocycles. The first-order chi connectivity index (χ1) is 11.6. The number of hydrogen-bond donors (Lipinski definition) is 1. The number of anilines is 1. The van der Waals surface area contributed by atoms with Crippen molar-refractivity contribution in [1.29, 1.82) is 0 Å². The second-order valence-corrected chi connectivity index (χ2v) is 6.15. The second kappa shape index (κ2) is 7.37. The van der Waals surface area contributed by atoms with Crippen molar-refractivity contribution < 1.29 is 13.9 Å². The summed E-state index contributed by atoms with van der Waals surface area (Å²) in [4.78, 5) is 12.0. The molecule has 0 aliphatic carbocycles. The molecule has 0 unspecified atom stereocenters. The predicted octanol–water partition coefficient (Wildman–Crippen LogP) is 4.16. The quantitative estimate of drug-likeness (QED) is 0.739. The van der Waals surface area contributed by atoms with Crippen LogP contribution >= 0.6 is 22.9 Å². The lowest BCUT2D eigenvalue weighted by Gasteiger charge is -2.04. The molecule has 3 aromatic rings. The van der Waals surface area contributed by atoms with Crippen LogP contribution in [-0.2, 0) is 6.61 Å². The first kappa shape index (κ1) is 16.4. The van der Waals surface area contributed by atoms with E-state index in [1.54, 1.807) is 12.1 Å². The average molecular weight is 364 g/mol. The summed E-state index contributed by atoms with van der Waals surface area (Å²) in [5, 5.41) is 11.9. The monoisotopic (exact) mass is 363 g/mol. The van der Waals surface area contributed by atoms with Gasteiger partial charge < -0.3 is 4.74 Å². The number of aromatic nitrogens is 2. The van der Waals surface area contributed by atoms with Crippen molar-refractivity contribution in [1.82, 2.24) is 10.2 Å². The Hall–Kier alpha value is -2.51. The van der Waals surface area contributed by atoms with E-state index in [1.165, 1.54) is 35.6 Å². The molecule has 8 heteroatoms. The molecular weight excluding hydrogens is 353 g/mol. The van der Waals surface area contributed by atoms with Crippen LogP contribution in [0.2, 0.25) is 5.02 Å². The average Bonchev–Trinajstić information content (AvgIpc) is 3.02. The number of carbonyl (C=O) groups excluding carboxylic acids is 1. The molecule has 122 valence electrons. The molecule has 0 fully saturated rings. The molecule has 0 atom stereocenters. The van der Waals surface area contributed by atoms with Gasteiger partial charge in [-0.15, -0.1) is 10.2 Å². The van der Waals surface area contributed by atoms with Gasteiger partial charge >= 0.3 is 0 Å². The summed E-state index contributed by atoms with van der Waals surface area (Å²) in [6, 6.07) is 12.3. The molecule has 0 radical (unpaired) electrons. The molecule has 1 heterocycles. The Kier molecular flexibility index (Phi) is 5.02. The van der Waals surface area contributed by atoms with E-state index in [9.17, 15) is 9.18 Å². The lowest BCUT2D eigenvalue weighted by atomic mass is 10.2. The van der Waals surface area contributed by atoms with E-state index in [0.29, 0.717) is 26.5 Å². The lowest BCUT2D eigenvalue weighted by Crippen LogP contribution is -2.11. The zero-order chi connectivity index (χ0) is 16.9. The fourth-order valence-corrected chi connectivity index (χ4v) is 2.67. The Labute approximate surface area is 146 Å². The number of carbonyl (C=O) groups is 1. The van der Waals surface area contributed by atoms with Gasteiger partial charge in [-0.05, 0) is 36.4 Å². The Morgan fingerprint density at radius 3 is 2.67 bits per heavy atom. The van der Waals surface area contributed by atoms with Crippen molar-refractivity contribution in [3.8, 4) is 5.75 Å². The number of rotatable bonds is 5. The Bertz CT molecular complexity index is 855. The van der Waals surface area contributed by atoms with Crippen molar-refractivity contribution in [2.45, 2.75) is 6.61 Å². The van der Waals surface area contributed by atoms with Gasteiger partial charge in [-0.1, -0.05) is 35.1 Å². The predicted molar refractivity (Wildman–Crippen MR) is 90.0 cm³/mol. The molecule has 1 amide bonds. The molecule has 24 heavy (non-hydrogen) atoms. The van der Waals surface area contributed by atoms with Gasteiger partial charge in [0.15, 0.2) is 5.01 Å². The summed E-state index contributed by atoms with van der Waals surface area (Å²) in [7, 11) is 0. The molecule has 0 aliphatic rings. The summed E-state index contributed by atoms with van der Waals surface area (Å²) in [6.45, 7) is 0.188. The molecule has 5 nitrogen and oxygen atoms in total. The third-order valence-electron chi connectivity index (χ3n) is 2.98. The van der Waals surface area contributed by atoms with Crippen LogP contribution in [0.1, 0.15) is 15.4 Å². The van der Waals surface area contributed by atoms with Crippen LogP contribution in [-0.4, -0.2) is 16.1 Å². The van der Waals surface area contributed by atoms with Crippen LogP contribution < -0.4 is 10.1 Å². The summed E-state index contributed by atoms with van der Waals surface area (Å²) >= 11 is 7.19. The van der Waals surface area contributed by atoms with Gasteiger partial charge in [-0.3, -0.25) is 10.1 Å². The highest BCUT2D eigenvalue weighted by Gasteiger charge is 2.11. The highest BCUT2D eigenvalue weighted by Crippen LogP contribution is 2.25. The number of amides is 1. The summed E-state index contributed by atoms with van der Waals surface area (Å²) in [5.41, 5.74) is 0.334. The minimum absolute atomic E-state index is 0.188. The Morgan fingerprint density at radius 2 is 1.92 bits per heavy atom. The van der Waals surface area contributed by atoms with Crippen LogP contribution in [0, 0.1) is 5.82 Å². The van der Waals surface area contributed by atoms with Gasteiger partial charge in [0.05, 0.1) is 5.02 Å². The van der Waals surface area contributed by atoms with Crippen LogP contribution in [0.15, 0.2) is 48.5 Å². The molecule has 0 saturated carbocycles. The van der Waals surface area contributed by atoms with E-state index >= 15 is 0 Å². The second-order valence-electron chi connectivity index (χ2n) is 4.68. The maximum absolute atomic E-state index is 12.9. The first-order valence-corrected chi connectivity index (χ1v) is 8.08. The molecule has 1 aromatic heterocycles. The third kappa shape index (κ3) is 4.06. The minimum atomic E-state index is -0.401. The van der Waals surface area contributed by atoms with E-state index < -0.39 is 5.82 Å². The third-order valence-corrected chi connectivity index (χ3v) is 4.11. The minimum Gasteiger partial charge on any atom is -0.485 e. The van der Waals surface area contributed by atoms with Gasteiger partial charge in [-0.25, -0.2) is 4.39 Å². The number of halogens is 2. The van der Waals surface area contributed by atoms with Crippen molar-refractivity contribution >= 4 is 34.0 Å². The van der Waals surface area contributed by atoms with Crippen LogP contribution in [0.4, 0.5) is 9.52 Å². The standard InChI is InChI=1S/C16H11ClFN3O2S/c17-12-3-1-2-4-13(12)23-9-14-20-21-16(24-14)19-15(22)10-5-7-11(18)8-6-10/h1-8H,9H2,(H,19,21,22). The fourth-order valence-electron chi connectivity index (χ4n) is 1.83. The summed E-state index contributed by atoms with van der Waals surface area (Å²) in [5.74, 6) is -0.238. The summed E-state index contributed by atoms with van der Waals surface area (Å²) < 4.78 is 18.4. The zero-order valence-electron chi connectivity index (χ0n) is 12.2. The molecule has 0 bridgehead atoms. The molecule has 0 saturated heterocycles. The highest BCUT2D eigenvalue weighted by molar-refractivity contribution is 7.15. The van der Waals surface area contributed by atoms with E-state index in [2.05, 4.69) is 15.5 Å².